The fraction of sp³-hybridized carbons (Fsp3) is 0. The molecule has 0 saturated carbocycles. The van der Waals surface area contributed by atoms with Gasteiger partial charge in [0.25, 0.3) is 0 Å². The number of para-hydroxylation sites is 4. The minimum Gasteiger partial charge on any atom is -0.455 e. The Bertz CT molecular complexity index is 2940. The van der Waals surface area contributed by atoms with Crippen molar-refractivity contribution in [2.45, 2.75) is 0 Å². The summed E-state index contributed by atoms with van der Waals surface area (Å²) in [6, 6.07) is 69.2. The van der Waals surface area contributed by atoms with Crippen LogP contribution in [0.25, 0.3) is 109 Å². The van der Waals surface area contributed by atoms with Gasteiger partial charge in [-0.2, -0.15) is 0 Å². The van der Waals surface area contributed by atoms with Crippen molar-refractivity contribution in [3.8, 4) is 65.4 Å². The number of furan rings is 2. The summed E-state index contributed by atoms with van der Waals surface area (Å²) in [4.78, 5) is 2.52. The van der Waals surface area contributed by atoms with Gasteiger partial charge in [0, 0.05) is 42.4 Å². The Hall–Kier alpha value is -6.94. The Kier molecular flexibility index (Phi) is 7.39. The van der Waals surface area contributed by atoms with Crippen molar-refractivity contribution in [2.24, 2.45) is 0 Å². The lowest BCUT2D eigenvalue weighted by molar-refractivity contribution is 0.669. The normalized spacial score (nSPS) is 11.6. The number of fused-ring (bicyclic) bond motifs is 6. The Balaban J connectivity index is 0.794. The number of hydrogen-bond donors (Lipinski definition) is 0. The van der Waals surface area contributed by atoms with Crippen LogP contribution in [0.2, 0.25) is 0 Å². The summed E-state index contributed by atoms with van der Waals surface area (Å²) in [5, 5.41) is 4.61. The molecule has 0 aliphatic rings. The van der Waals surface area contributed by atoms with Crippen LogP contribution in [0.15, 0.2) is 203 Å². The van der Waals surface area contributed by atoms with Crippen LogP contribution >= 0.6 is 11.3 Å². The van der Waals surface area contributed by atoms with E-state index >= 15 is 0 Å². The molecule has 8 aromatic carbocycles. The van der Waals surface area contributed by atoms with Crippen LogP contribution in [-0.4, -0.2) is 0 Å². The lowest BCUT2D eigenvalue weighted by Crippen LogP contribution is -1.82. The second-order valence-electron chi connectivity index (χ2n) is 14.0. The quantitative estimate of drug-likeness (QED) is 0.171. The molecular weight excluding hydrogens is 689 g/mol. The van der Waals surface area contributed by atoms with Crippen LogP contribution in [-0.2, 0) is 0 Å². The topological polar surface area (TPSA) is 26.3 Å². The van der Waals surface area contributed by atoms with Crippen LogP contribution in [0.3, 0.4) is 0 Å². The first kappa shape index (κ1) is 31.6. The van der Waals surface area contributed by atoms with Gasteiger partial charge in [0.1, 0.15) is 22.3 Å². The van der Waals surface area contributed by atoms with Crippen molar-refractivity contribution in [3.63, 3.8) is 0 Å². The molecule has 3 heterocycles. The fourth-order valence-corrected chi connectivity index (χ4v) is 8.95. The van der Waals surface area contributed by atoms with Crippen molar-refractivity contribution in [3.05, 3.63) is 194 Å². The van der Waals surface area contributed by atoms with Gasteiger partial charge in [-0.1, -0.05) is 170 Å². The molecule has 0 radical (unpaired) electrons. The van der Waals surface area contributed by atoms with E-state index in [-0.39, 0.29) is 0 Å². The van der Waals surface area contributed by atoms with Crippen molar-refractivity contribution >= 4 is 55.2 Å². The Morgan fingerprint density at radius 1 is 0.255 bits per heavy atom. The standard InChI is InChI=1S/C52H32O2S/c1-3-13-47-43(7-1)45-11-5-9-41(51(45)53-47)37-23-15-33(16-24-37)35-19-27-39(28-20-35)49-31-32-50(55-49)40-29-21-36(22-30-40)34-17-25-38(26-18-34)42-10-6-12-46-44-8-2-4-14-48(44)54-52(42)46/h1-32H. The Morgan fingerprint density at radius 3 is 0.982 bits per heavy atom. The lowest BCUT2D eigenvalue weighted by atomic mass is 9.98. The molecule has 2 nitrogen and oxygen atoms in total. The highest BCUT2D eigenvalue weighted by atomic mass is 32.1. The van der Waals surface area contributed by atoms with E-state index < -0.39 is 0 Å². The lowest BCUT2D eigenvalue weighted by Gasteiger charge is -2.07. The molecule has 11 rings (SSSR count). The predicted molar refractivity (Wildman–Crippen MR) is 231 cm³/mol. The molecule has 0 spiro atoms. The van der Waals surface area contributed by atoms with E-state index in [9.17, 15) is 0 Å². The van der Waals surface area contributed by atoms with E-state index in [1.807, 2.05) is 35.6 Å². The third-order valence-electron chi connectivity index (χ3n) is 10.8. The molecule has 11 aromatic rings. The zero-order valence-corrected chi connectivity index (χ0v) is 30.5. The van der Waals surface area contributed by atoms with Gasteiger partial charge < -0.3 is 8.83 Å². The first-order chi connectivity index (χ1) is 27.2. The van der Waals surface area contributed by atoms with Crippen LogP contribution in [0.4, 0.5) is 0 Å². The van der Waals surface area contributed by atoms with Gasteiger partial charge in [-0.05, 0) is 68.8 Å². The minimum absolute atomic E-state index is 0.921. The summed E-state index contributed by atoms with van der Waals surface area (Å²) in [6.45, 7) is 0. The summed E-state index contributed by atoms with van der Waals surface area (Å²) in [7, 11) is 0. The van der Waals surface area contributed by atoms with Crippen LogP contribution in [0.5, 0.6) is 0 Å². The second-order valence-corrected chi connectivity index (χ2v) is 15.1. The fourth-order valence-electron chi connectivity index (χ4n) is 7.94. The van der Waals surface area contributed by atoms with E-state index in [0.717, 1.165) is 66.1 Å². The van der Waals surface area contributed by atoms with Crippen molar-refractivity contribution in [1.29, 1.82) is 0 Å². The smallest absolute Gasteiger partial charge is 0.143 e. The maximum absolute atomic E-state index is 6.29. The maximum atomic E-state index is 6.29. The van der Waals surface area contributed by atoms with Gasteiger partial charge >= 0.3 is 0 Å². The predicted octanol–water partition coefficient (Wildman–Crippen LogP) is 15.5. The number of thiophene rings is 1. The second kappa shape index (κ2) is 12.9. The first-order valence-electron chi connectivity index (χ1n) is 18.6. The third-order valence-corrected chi connectivity index (χ3v) is 12.0. The highest BCUT2D eigenvalue weighted by molar-refractivity contribution is 7.18. The van der Waals surface area contributed by atoms with Gasteiger partial charge in [0.05, 0.1) is 0 Å². The maximum Gasteiger partial charge on any atom is 0.143 e. The largest absolute Gasteiger partial charge is 0.455 e. The molecule has 0 atom stereocenters. The SMILES string of the molecule is c1ccc2c(c1)oc1c(-c3ccc(-c4ccc(-c5ccc(-c6ccc(-c7ccc(-c8cccc9c8oc8ccccc89)cc7)cc6)s5)cc4)cc3)cccc12. The van der Waals surface area contributed by atoms with E-state index in [4.69, 9.17) is 8.83 Å². The Labute approximate surface area is 322 Å². The van der Waals surface area contributed by atoms with Crippen LogP contribution in [0.1, 0.15) is 0 Å². The van der Waals surface area contributed by atoms with E-state index in [2.05, 4.69) is 170 Å². The highest BCUT2D eigenvalue weighted by Crippen LogP contribution is 2.40. The summed E-state index contributed by atoms with van der Waals surface area (Å²) < 4.78 is 12.6. The van der Waals surface area contributed by atoms with Crippen LogP contribution < -0.4 is 0 Å². The number of benzene rings is 8. The van der Waals surface area contributed by atoms with Crippen molar-refractivity contribution in [1.82, 2.24) is 0 Å². The van der Waals surface area contributed by atoms with E-state index in [1.165, 1.54) is 43.1 Å². The molecule has 0 aliphatic heterocycles. The van der Waals surface area contributed by atoms with Gasteiger partial charge in [0.2, 0.25) is 0 Å². The van der Waals surface area contributed by atoms with Crippen molar-refractivity contribution in [2.75, 3.05) is 0 Å². The van der Waals surface area contributed by atoms with E-state index in [1.54, 1.807) is 0 Å². The average Bonchev–Trinajstić information content (AvgIpc) is 4.00. The summed E-state index contributed by atoms with van der Waals surface area (Å²) in [5.74, 6) is 0. The number of hydrogen-bond acceptors (Lipinski definition) is 3. The monoisotopic (exact) mass is 720 g/mol. The molecule has 258 valence electrons. The third kappa shape index (κ3) is 5.48. The van der Waals surface area contributed by atoms with Crippen LogP contribution in [0, 0.1) is 0 Å². The molecule has 3 heteroatoms. The van der Waals surface area contributed by atoms with Gasteiger partial charge in [-0.3, -0.25) is 0 Å². The molecule has 0 unspecified atom stereocenters. The minimum atomic E-state index is 0.921. The van der Waals surface area contributed by atoms with Gasteiger partial charge in [-0.25, -0.2) is 0 Å². The highest BCUT2D eigenvalue weighted by Gasteiger charge is 2.14. The first-order valence-corrected chi connectivity index (χ1v) is 19.4. The molecule has 0 saturated heterocycles. The molecular formula is C52H32O2S. The summed E-state index contributed by atoms with van der Waals surface area (Å²) >= 11 is 1.83. The molecule has 0 N–H and O–H groups in total. The zero-order valence-electron chi connectivity index (χ0n) is 29.7. The van der Waals surface area contributed by atoms with Crippen molar-refractivity contribution < 1.29 is 8.83 Å². The summed E-state index contributed by atoms with van der Waals surface area (Å²) in [5.41, 5.74) is 15.5. The molecule has 3 aromatic heterocycles. The average molecular weight is 721 g/mol. The molecule has 55 heavy (non-hydrogen) atoms. The van der Waals surface area contributed by atoms with E-state index in [0.29, 0.717) is 0 Å². The molecule has 0 fully saturated rings. The van der Waals surface area contributed by atoms with Gasteiger partial charge in [-0.15, -0.1) is 11.3 Å². The molecule has 0 amide bonds. The number of rotatable bonds is 6. The Morgan fingerprint density at radius 2 is 0.582 bits per heavy atom. The van der Waals surface area contributed by atoms with Gasteiger partial charge in [0.15, 0.2) is 0 Å². The summed E-state index contributed by atoms with van der Waals surface area (Å²) in [6.07, 6.45) is 0. The zero-order chi connectivity index (χ0) is 36.3. The molecule has 0 bridgehead atoms. The molecule has 0 aliphatic carbocycles.